The molecule has 8 rings (SSSR count). The molecule has 0 bridgehead atoms. The van der Waals surface area contributed by atoms with Crippen molar-refractivity contribution in [2.24, 2.45) is 16.8 Å². The van der Waals surface area contributed by atoms with E-state index in [1.165, 1.54) is 21.6 Å². The Balaban J connectivity index is 1.17. The van der Waals surface area contributed by atoms with Crippen LogP contribution in [-0.4, -0.2) is 26.4 Å². The fourth-order valence-electron chi connectivity index (χ4n) is 6.44. The monoisotopic (exact) mass is 574 g/mol. The van der Waals surface area contributed by atoms with E-state index in [2.05, 4.69) is 90.0 Å². The number of nitrogens with zero attached hydrogens (tertiary/aromatic N) is 4. The lowest BCUT2D eigenvalue weighted by Gasteiger charge is -2.25. The quantitative estimate of drug-likeness (QED) is 0.239. The smallest absolute Gasteiger partial charge is 0.164 e. The van der Waals surface area contributed by atoms with Gasteiger partial charge >= 0.3 is 0 Å². The van der Waals surface area contributed by atoms with Gasteiger partial charge in [0.15, 0.2) is 17.5 Å². The van der Waals surface area contributed by atoms with Crippen molar-refractivity contribution in [2.45, 2.75) is 28.9 Å². The molecular weight excluding hydrogens is 545 g/mol. The zero-order valence-electron chi connectivity index (χ0n) is 23.6. The highest BCUT2D eigenvalue weighted by molar-refractivity contribution is 8.00. The van der Waals surface area contributed by atoms with Crippen molar-refractivity contribution >= 4 is 18.0 Å². The first-order valence-electron chi connectivity index (χ1n) is 14.9. The number of hydrogen-bond donors (Lipinski definition) is 0. The van der Waals surface area contributed by atoms with E-state index in [1.54, 1.807) is 0 Å². The minimum Gasteiger partial charge on any atom is -0.269 e. The van der Waals surface area contributed by atoms with Gasteiger partial charge in [-0.15, -0.1) is 11.8 Å². The largest absolute Gasteiger partial charge is 0.269 e. The molecule has 0 radical (unpaired) electrons. The number of aliphatic imine (C=N–C) groups is 1. The van der Waals surface area contributed by atoms with Crippen molar-refractivity contribution in [1.82, 2.24) is 15.0 Å². The predicted octanol–water partition coefficient (Wildman–Crippen LogP) is 9.03. The number of fused-ring (bicyclic) bond motifs is 3. The maximum Gasteiger partial charge on any atom is 0.164 e. The molecule has 1 aromatic heterocycles. The minimum absolute atomic E-state index is 0.248. The molecule has 0 amide bonds. The predicted molar refractivity (Wildman–Crippen MR) is 177 cm³/mol. The number of aromatic nitrogens is 3. The Morgan fingerprint density at radius 2 is 1.33 bits per heavy atom. The molecule has 208 valence electrons. The second kappa shape index (κ2) is 11.2. The van der Waals surface area contributed by atoms with Crippen molar-refractivity contribution in [3.8, 4) is 34.2 Å². The van der Waals surface area contributed by atoms with Gasteiger partial charge in [0.2, 0.25) is 0 Å². The van der Waals surface area contributed by atoms with Gasteiger partial charge in [-0.2, -0.15) is 0 Å². The lowest BCUT2D eigenvalue weighted by Crippen LogP contribution is -2.15. The first kappa shape index (κ1) is 26.1. The Labute approximate surface area is 256 Å². The molecule has 3 aromatic carbocycles. The number of hydrogen-bond acceptors (Lipinski definition) is 5. The second-order valence-electron chi connectivity index (χ2n) is 11.3. The number of thioether (sulfide) groups is 1. The summed E-state index contributed by atoms with van der Waals surface area (Å²) in [7, 11) is 0. The molecule has 43 heavy (non-hydrogen) atoms. The third-order valence-corrected chi connectivity index (χ3v) is 10.0. The Hall–Kier alpha value is -4.61. The topological polar surface area (TPSA) is 51.0 Å². The lowest BCUT2D eigenvalue weighted by atomic mass is 9.80. The van der Waals surface area contributed by atoms with E-state index in [-0.39, 0.29) is 5.92 Å². The van der Waals surface area contributed by atoms with E-state index >= 15 is 0 Å². The van der Waals surface area contributed by atoms with Crippen LogP contribution in [-0.2, 0) is 0 Å². The van der Waals surface area contributed by atoms with E-state index < -0.39 is 0 Å². The Morgan fingerprint density at radius 1 is 0.628 bits per heavy atom. The van der Waals surface area contributed by atoms with Crippen molar-refractivity contribution in [3.63, 3.8) is 0 Å². The fourth-order valence-corrected chi connectivity index (χ4v) is 7.79. The summed E-state index contributed by atoms with van der Waals surface area (Å²) in [6.07, 6.45) is 22.6. The van der Waals surface area contributed by atoms with Gasteiger partial charge in [0.25, 0.3) is 0 Å². The average molecular weight is 575 g/mol. The SMILES string of the molecule is C1=CC(C2C=CC(C3=CC4c5c(cccc5-c5nc(-c6ccccc6)nc(-c6ccccc6)n5)SC4C=C3)=CC2)CC=N1. The van der Waals surface area contributed by atoms with Crippen LogP contribution in [0, 0.1) is 11.8 Å². The number of benzene rings is 3. The third kappa shape index (κ3) is 5.04. The highest BCUT2D eigenvalue weighted by Crippen LogP contribution is 2.52. The van der Waals surface area contributed by atoms with Crippen LogP contribution < -0.4 is 0 Å². The zero-order valence-corrected chi connectivity index (χ0v) is 24.4. The van der Waals surface area contributed by atoms with E-state index in [9.17, 15) is 0 Å². The molecule has 0 saturated heterocycles. The molecule has 2 aliphatic carbocycles. The molecule has 4 unspecified atom stereocenters. The van der Waals surface area contributed by atoms with Crippen molar-refractivity contribution in [1.29, 1.82) is 0 Å². The summed E-state index contributed by atoms with van der Waals surface area (Å²) >= 11 is 1.94. The maximum absolute atomic E-state index is 5.07. The van der Waals surface area contributed by atoms with Gasteiger partial charge < -0.3 is 0 Å². The summed E-state index contributed by atoms with van der Waals surface area (Å²) in [6.45, 7) is 0. The van der Waals surface area contributed by atoms with Crippen LogP contribution in [0.5, 0.6) is 0 Å². The lowest BCUT2D eigenvalue weighted by molar-refractivity contribution is 0.488. The van der Waals surface area contributed by atoms with Crippen molar-refractivity contribution in [3.05, 3.63) is 144 Å². The van der Waals surface area contributed by atoms with Gasteiger partial charge in [-0.05, 0) is 47.5 Å². The summed E-state index contributed by atoms with van der Waals surface area (Å²) in [6, 6.07) is 26.9. The molecule has 0 saturated carbocycles. The normalized spacial score (nSPS) is 23.4. The molecule has 0 fully saturated rings. The average Bonchev–Trinajstić information content (AvgIpc) is 3.47. The zero-order chi connectivity index (χ0) is 28.6. The summed E-state index contributed by atoms with van der Waals surface area (Å²) in [5.74, 6) is 3.42. The van der Waals surface area contributed by atoms with Gasteiger partial charge in [-0.3, -0.25) is 4.99 Å². The highest BCUT2D eigenvalue weighted by atomic mass is 32.2. The Kier molecular flexibility index (Phi) is 6.81. The van der Waals surface area contributed by atoms with E-state index in [0.717, 1.165) is 35.4 Å². The van der Waals surface area contributed by atoms with Crippen LogP contribution in [0.2, 0.25) is 0 Å². The van der Waals surface area contributed by atoms with Crippen LogP contribution in [0.4, 0.5) is 0 Å². The first-order chi connectivity index (χ1) is 21.3. The summed E-state index contributed by atoms with van der Waals surface area (Å²) in [5.41, 5.74) is 6.97. The van der Waals surface area contributed by atoms with E-state index in [0.29, 0.717) is 28.7 Å². The van der Waals surface area contributed by atoms with E-state index in [1.807, 2.05) is 60.6 Å². The van der Waals surface area contributed by atoms with Gasteiger partial charge in [0, 0.05) is 45.2 Å². The van der Waals surface area contributed by atoms with Crippen molar-refractivity contribution < 1.29 is 0 Å². The summed E-state index contributed by atoms with van der Waals surface area (Å²) < 4.78 is 0. The third-order valence-electron chi connectivity index (χ3n) is 8.70. The molecule has 4 nitrogen and oxygen atoms in total. The number of allylic oxidation sites excluding steroid dienone is 8. The van der Waals surface area contributed by atoms with Crippen LogP contribution >= 0.6 is 11.8 Å². The van der Waals surface area contributed by atoms with Gasteiger partial charge in [-0.25, -0.2) is 15.0 Å². The molecule has 4 aromatic rings. The second-order valence-corrected chi connectivity index (χ2v) is 12.6. The van der Waals surface area contributed by atoms with Gasteiger partial charge in [0.1, 0.15) is 0 Å². The molecule has 0 N–H and O–H groups in total. The van der Waals surface area contributed by atoms with Crippen LogP contribution in [0.25, 0.3) is 34.2 Å². The van der Waals surface area contributed by atoms with Crippen LogP contribution in [0.1, 0.15) is 24.3 Å². The van der Waals surface area contributed by atoms with Crippen LogP contribution in [0.15, 0.2) is 149 Å². The molecular formula is C38H30N4S. The van der Waals surface area contributed by atoms with Gasteiger partial charge in [0.05, 0.1) is 0 Å². The number of rotatable bonds is 5. The molecule has 0 spiro atoms. The van der Waals surface area contributed by atoms with E-state index in [4.69, 9.17) is 15.0 Å². The molecule has 3 heterocycles. The maximum atomic E-state index is 5.07. The fraction of sp³-hybridized carbons (Fsp3) is 0.158. The molecule has 4 atom stereocenters. The summed E-state index contributed by atoms with van der Waals surface area (Å²) in [4.78, 5) is 20.6. The van der Waals surface area contributed by atoms with Crippen molar-refractivity contribution in [2.75, 3.05) is 0 Å². The van der Waals surface area contributed by atoms with Crippen LogP contribution in [0.3, 0.4) is 0 Å². The highest BCUT2D eigenvalue weighted by Gasteiger charge is 2.35. The molecule has 5 heteroatoms. The molecule has 2 aliphatic heterocycles. The molecule has 4 aliphatic rings. The Bertz CT molecular complexity index is 1810. The van der Waals surface area contributed by atoms with Gasteiger partial charge in [-0.1, -0.05) is 115 Å². The summed E-state index contributed by atoms with van der Waals surface area (Å²) in [5, 5.41) is 0.358. The standard InChI is InChI=1S/C38H30N4S/c1-3-8-28(9-4-1)36-40-37(29-10-5-2-6-11-29)42-38(41-36)31-12-7-13-34-35(31)32-24-30(18-19-33(32)43-34)26-16-14-25(15-17-26)27-20-22-39-23-21-27/h1-14,16-20,22-25,27,32-33H,15,21H2. The Morgan fingerprint density at radius 3 is 2.00 bits per heavy atom. The minimum atomic E-state index is 0.248. The first-order valence-corrected chi connectivity index (χ1v) is 15.8.